The van der Waals surface area contributed by atoms with Gasteiger partial charge in [0.2, 0.25) is 0 Å². The van der Waals surface area contributed by atoms with Crippen molar-refractivity contribution in [1.29, 1.82) is 0 Å². The van der Waals surface area contributed by atoms with Crippen molar-refractivity contribution >= 4 is 11.7 Å². The van der Waals surface area contributed by atoms with Gasteiger partial charge in [-0.05, 0) is 35.9 Å². The number of ether oxygens (including phenoxy) is 2. The fraction of sp³-hybridized carbons (Fsp3) is 0.133. The Bertz CT molecular complexity index is 625. The third-order valence-corrected chi connectivity index (χ3v) is 2.77. The number of esters is 1. The number of carbonyl (C=O) groups excluding carboxylic acids is 1. The number of aromatic hydroxyl groups is 1. The molecule has 0 aliphatic rings. The summed E-state index contributed by atoms with van der Waals surface area (Å²) in [7, 11) is 1.57. The van der Waals surface area contributed by atoms with E-state index in [4.69, 9.17) is 15.2 Å². The Morgan fingerprint density at radius 1 is 1.25 bits per heavy atom. The Balaban J connectivity index is 2.02. The van der Waals surface area contributed by atoms with E-state index in [0.717, 1.165) is 5.56 Å². The van der Waals surface area contributed by atoms with Gasteiger partial charge in [0.15, 0.2) is 0 Å². The minimum Gasteiger partial charge on any atom is -0.506 e. The van der Waals surface area contributed by atoms with Crippen LogP contribution in [0.15, 0.2) is 42.5 Å². The standard InChI is InChI=1S/C15H15NO4/c1-19-12-4-2-3-10(7-12)9-20-15(18)11-5-6-14(17)13(16)8-11/h2-8,17H,9,16H2,1H3. The van der Waals surface area contributed by atoms with Crippen molar-refractivity contribution < 1.29 is 19.4 Å². The van der Waals surface area contributed by atoms with Gasteiger partial charge in [-0.2, -0.15) is 0 Å². The molecule has 3 N–H and O–H groups in total. The topological polar surface area (TPSA) is 81.8 Å². The third kappa shape index (κ3) is 3.20. The van der Waals surface area contributed by atoms with E-state index in [1.54, 1.807) is 13.2 Å². The first-order chi connectivity index (χ1) is 9.60. The summed E-state index contributed by atoms with van der Waals surface area (Å²) in [6.45, 7) is 0.136. The number of phenolic OH excluding ortho intramolecular Hbond substituents is 1. The number of benzene rings is 2. The van der Waals surface area contributed by atoms with Crippen molar-refractivity contribution in [3.05, 3.63) is 53.6 Å². The fourth-order valence-corrected chi connectivity index (χ4v) is 1.68. The molecular weight excluding hydrogens is 258 g/mol. The van der Waals surface area contributed by atoms with Crippen LogP contribution in [0.2, 0.25) is 0 Å². The van der Waals surface area contributed by atoms with Crippen LogP contribution in [-0.2, 0) is 11.3 Å². The van der Waals surface area contributed by atoms with E-state index >= 15 is 0 Å². The first-order valence-corrected chi connectivity index (χ1v) is 5.98. The molecule has 0 aliphatic heterocycles. The van der Waals surface area contributed by atoms with E-state index in [2.05, 4.69) is 0 Å². The van der Waals surface area contributed by atoms with Crippen LogP contribution in [0.25, 0.3) is 0 Å². The zero-order chi connectivity index (χ0) is 14.5. The quantitative estimate of drug-likeness (QED) is 0.507. The highest BCUT2D eigenvalue weighted by molar-refractivity contribution is 5.90. The van der Waals surface area contributed by atoms with Crippen LogP contribution in [0.3, 0.4) is 0 Å². The van der Waals surface area contributed by atoms with Gasteiger partial charge in [0.05, 0.1) is 18.4 Å². The smallest absolute Gasteiger partial charge is 0.338 e. The number of nitrogen functional groups attached to an aromatic ring is 1. The second kappa shape index (κ2) is 5.97. The van der Waals surface area contributed by atoms with E-state index in [-0.39, 0.29) is 18.0 Å². The summed E-state index contributed by atoms with van der Waals surface area (Å²) in [5.41, 5.74) is 6.79. The van der Waals surface area contributed by atoms with Crippen LogP contribution < -0.4 is 10.5 Å². The Morgan fingerprint density at radius 2 is 2.05 bits per heavy atom. The van der Waals surface area contributed by atoms with E-state index < -0.39 is 5.97 Å². The zero-order valence-corrected chi connectivity index (χ0v) is 11.0. The molecule has 2 aromatic carbocycles. The molecule has 0 saturated carbocycles. The maximum atomic E-state index is 11.8. The fourth-order valence-electron chi connectivity index (χ4n) is 1.68. The number of nitrogens with two attached hydrogens (primary N) is 1. The number of anilines is 1. The largest absolute Gasteiger partial charge is 0.506 e. The molecule has 0 amide bonds. The van der Waals surface area contributed by atoms with Crippen LogP contribution in [0.1, 0.15) is 15.9 Å². The van der Waals surface area contributed by atoms with Gasteiger partial charge in [0.1, 0.15) is 18.1 Å². The zero-order valence-electron chi connectivity index (χ0n) is 11.0. The maximum absolute atomic E-state index is 11.8. The van der Waals surface area contributed by atoms with E-state index in [0.29, 0.717) is 11.3 Å². The average molecular weight is 273 g/mol. The molecule has 5 heteroatoms. The number of rotatable bonds is 4. The molecule has 0 aromatic heterocycles. The van der Waals surface area contributed by atoms with Gasteiger partial charge < -0.3 is 20.3 Å². The van der Waals surface area contributed by atoms with Gasteiger partial charge in [-0.1, -0.05) is 12.1 Å². The highest BCUT2D eigenvalue weighted by atomic mass is 16.5. The Labute approximate surface area is 116 Å². The van der Waals surface area contributed by atoms with E-state index in [1.165, 1.54) is 18.2 Å². The summed E-state index contributed by atoms with van der Waals surface area (Å²) in [5.74, 6) is 0.140. The monoisotopic (exact) mass is 273 g/mol. The van der Waals surface area contributed by atoms with Crippen molar-refractivity contribution in [2.45, 2.75) is 6.61 Å². The molecule has 0 aliphatic carbocycles. The Hall–Kier alpha value is -2.69. The van der Waals surface area contributed by atoms with E-state index in [1.807, 2.05) is 18.2 Å². The summed E-state index contributed by atoms with van der Waals surface area (Å²) in [5, 5.41) is 9.30. The Kier molecular flexibility index (Phi) is 4.10. The van der Waals surface area contributed by atoms with Crippen molar-refractivity contribution in [1.82, 2.24) is 0 Å². The third-order valence-electron chi connectivity index (χ3n) is 2.77. The molecule has 2 rings (SSSR count). The second-order valence-electron chi connectivity index (χ2n) is 4.20. The van der Waals surface area contributed by atoms with Crippen molar-refractivity contribution in [3.63, 3.8) is 0 Å². The van der Waals surface area contributed by atoms with E-state index in [9.17, 15) is 9.90 Å². The van der Waals surface area contributed by atoms with Gasteiger partial charge >= 0.3 is 5.97 Å². The molecule has 0 spiro atoms. The predicted octanol–water partition coefficient (Wildman–Crippen LogP) is 2.34. The van der Waals surface area contributed by atoms with Crippen LogP contribution >= 0.6 is 0 Å². The van der Waals surface area contributed by atoms with Crippen LogP contribution in [0.5, 0.6) is 11.5 Å². The lowest BCUT2D eigenvalue weighted by Gasteiger charge is -2.07. The first kappa shape index (κ1) is 13.7. The molecule has 0 radical (unpaired) electrons. The second-order valence-corrected chi connectivity index (χ2v) is 4.20. The number of phenols is 1. The summed E-state index contributed by atoms with van der Waals surface area (Å²) >= 11 is 0. The van der Waals surface area contributed by atoms with Crippen molar-refractivity contribution in [2.75, 3.05) is 12.8 Å². The molecule has 104 valence electrons. The Morgan fingerprint density at radius 3 is 2.75 bits per heavy atom. The van der Waals surface area contributed by atoms with Crippen LogP contribution in [-0.4, -0.2) is 18.2 Å². The highest BCUT2D eigenvalue weighted by Crippen LogP contribution is 2.21. The average Bonchev–Trinajstić information content (AvgIpc) is 2.47. The minimum atomic E-state index is -0.500. The van der Waals surface area contributed by atoms with Crippen molar-refractivity contribution in [3.8, 4) is 11.5 Å². The number of carbonyl (C=O) groups is 1. The first-order valence-electron chi connectivity index (χ1n) is 5.98. The molecular formula is C15H15NO4. The normalized spacial score (nSPS) is 10.1. The summed E-state index contributed by atoms with van der Waals surface area (Å²) in [4.78, 5) is 11.8. The predicted molar refractivity (Wildman–Crippen MR) is 74.6 cm³/mol. The molecule has 0 saturated heterocycles. The lowest BCUT2D eigenvalue weighted by Crippen LogP contribution is -2.06. The molecule has 0 heterocycles. The van der Waals surface area contributed by atoms with Gasteiger partial charge in [0.25, 0.3) is 0 Å². The van der Waals surface area contributed by atoms with Crippen LogP contribution in [0.4, 0.5) is 5.69 Å². The van der Waals surface area contributed by atoms with Gasteiger partial charge in [-0.15, -0.1) is 0 Å². The number of methoxy groups -OCH3 is 1. The van der Waals surface area contributed by atoms with Gasteiger partial charge in [-0.3, -0.25) is 0 Å². The van der Waals surface area contributed by atoms with Gasteiger partial charge in [0, 0.05) is 0 Å². The summed E-state index contributed by atoms with van der Waals surface area (Å²) in [6.07, 6.45) is 0. The highest BCUT2D eigenvalue weighted by Gasteiger charge is 2.09. The molecule has 0 atom stereocenters. The summed E-state index contributed by atoms with van der Waals surface area (Å²) < 4.78 is 10.3. The van der Waals surface area contributed by atoms with Crippen molar-refractivity contribution in [2.24, 2.45) is 0 Å². The summed E-state index contributed by atoms with van der Waals surface area (Å²) in [6, 6.07) is 11.5. The number of hydrogen-bond acceptors (Lipinski definition) is 5. The minimum absolute atomic E-state index is 0.0608. The lowest BCUT2D eigenvalue weighted by atomic mass is 10.2. The van der Waals surface area contributed by atoms with Gasteiger partial charge in [-0.25, -0.2) is 4.79 Å². The molecule has 0 bridgehead atoms. The maximum Gasteiger partial charge on any atom is 0.338 e. The SMILES string of the molecule is COc1cccc(COC(=O)c2ccc(O)c(N)c2)c1. The molecule has 0 unspecified atom stereocenters. The molecule has 0 fully saturated rings. The molecule has 20 heavy (non-hydrogen) atoms. The van der Waals surface area contributed by atoms with Crippen LogP contribution in [0, 0.1) is 0 Å². The molecule has 5 nitrogen and oxygen atoms in total. The number of hydrogen-bond donors (Lipinski definition) is 2. The molecule has 2 aromatic rings. The lowest BCUT2D eigenvalue weighted by molar-refractivity contribution is 0.0472.